The molecule has 1 aliphatic rings. The van der Waals surface area contributed by atoms with E-state index in [2.05, 4.69) is 23.8 Å². The molecule has 1 nitrogen and oxygen atoms in total. The first kappa shape index (κ1) is 10.9. The number of thiophene rings is 1. The molecule has 0 aliphatic heterocycles. The van der Waals surface area contributed by atoms with Crippen molar-refractivity contribution in [1.82, 2.24) is 0 Å². The van der Waals surface area contributed by atoms with E-state index in [1.54, 1.807) is 11.3 Å². The Morgan fingerprint density at radius 1 is 1.53 bits per heavy atom. The van der Waals surface area contributed by atoms with Crippen LogP contribution in [0, 0.1) is 11.8 Å². The van der Waals surface area contributed by atoms with Crippen LogP contribution < -0.4 is 0 Å². The largest absolute Gasteiger partial charge is 0.299 e. The zero-order valence-electron chi connectivity index (χ0n) is 9.24. The minimum absolute atomic E-state index is 0.304. The second kappa shape index (κ2) is 4.93. The second-order valence-electron chi connectivity index (χ2n) is 4.55. The van der Waals surface area contributed by atoms with Gasteiger partial charge in [0.15, 0.2) is 0 Å². The normalized spacial score (nSPS) is 26.9. The van der Waals surface area contributed by atoms with Gasteiger partial charge in [0.1, 0.15) is 5.78 Å². The lowest BCUT2D eigenvalue weighted by molar-refractivity contribution is -0.125. The fraction of sp³-hybridized carbons (Fsp3) is 0.615. The molecule has 1 fully saturated rings. The van der Waals surface area contributed by atoms with Gasteiger partial charge in [0.05, 0.1) is 0 Å². The zero-order valence-corrected chi connectivity index (χ0v) is 10.1. The molecule has 1 aromatic rings. The highest BCUT2D eigenvalue weighted by Crippen LogP contribution is 2.31. The summed E-state index contributed by atoms with van der Waals surface area (Å²) in [5, 5.41) is 4.27. The standard InChI is InChI=1S/C13H18OS/c1-2-10-3-4-13(14)12(7-10)8-11-5-6-15-9-11/h5-6,9-10,12H,2-4,7-8H2,1H3. The van der Waals surface area contributed by atoms with E-state index < -0.39 is 0 Å². The Morgan fingerprint density at radius 3 is 3.07 bits per heavy atom. The molecule has 0 radical (unpaired) electrons. The third kappa shape index (κ3) is 2.69. The molecule has 2 atom stereocenters. The van der Waals surface area contributed by atoms with Crippen molar-refractivity contribution in [3.63, 3.8) is 0 Å². The summed E-state index contributed by atoms with van der Waals surface area (Å²) in [6, 6.07) is 2.15. The molecule has 0 amide bonds. The fourth-order valence-electron chi connectivity index (χ4n) is 2.46. The first-order valence-corrected chi connectivity index (χ1v) is 6.77. The summed E-state index contributed by atoms with van der Waals surface area (Å²) in [4.78, 5) is 11.8. The Kier molecular flexibility index (Phi) is 3.57. The highest BCUT2D eigenvalue weighted by molar-refractivity contribution is 7.07. The van der Waals surface area contributed by atoms with Crippen LogP contribution in [0.2, 0.25) is 0 Å². The van der Waals surface area contributed by atoms with E-state index in [-0.39, 0.29) is 0 Å². The van der Waals surface area contributed by atoms with Gasteiger partial charge in [0.25, 0.3) is 0 Å². The van der Waals surface area contributed by atoms with Crippen molar-refractivity contribution in [3.8, 4) is 0 Å². The van der Waals surface area contributed by atoms with Crippen molar-refractivity contribution >= 4 is 17.1 Å². The van der Waals surface area contributed by atoms with Gasteiger partial charge in [0, 0.05) is 12.3 Å². The molecule has 1 aromatic heterocycles. The summed E-state index contributed by atoms with van der Waals surface area (Å²) in [6.07, 6.45) is 5.25. The van der Waals surface area contributed by atoms with Gasteiger partial charge in [-0.15, -0.1) is 0 Å². The number of Topliss-reactive ketones (excluding diaryl/α,β-unsaturated/α-hetero) is 1. The first-order valence-electron chi connectivity index (χ1n) is 5.83. The maximum Gasteiger partial charge on any atom is 0.136 e. The van der Waals surface area contributed by atoms with Crippen LogP contribution in [-0.2, 0) is 11.2 Å². The van der Waals surface area contributed by atoms with Gasteiger partial charge in [-0.1, -0.05) is 13.3 Å². The molecule has 0 N–H and O–H groups in total. The first-order chi connectivity index (χ1) is 7.29. The molecule has 2 unspecified atom stereocenters. The van der Waals surface area contributed by atoms with Crippen LogP contribution in [0.5, 0.6) is 0 Å². The second-order valence-corrected chi connectivity index (χ2v) is 5.33. The number of hydrogen-bond donors (Lipinski definition) is 0. The van der Waals surface area contributed by atoms with Crippen molar-refractivity contribution in [1.29, 1.82) is 0 Å². The van der Waals surface area contributed by atoms with Gasteiger partial charge in [-0.2, -0.15) is 11.3 Å². The average molecular weight is 222 g/mol. The van der Waals surface area contributed by atoms with Crippen LogP contribution >= 0.6 is 11.3 Å². The Morgan fingerprint density at radius 2 is 2.40 bits per heavy atom. The fourth-order valence-corrected chi connectivity index (χ4v) is 3.14. The molecule has 1 saturated carbocycles. The van der Waals surface area contributed by atoms with Crippen molar-refractivity contribution in [2.45, 2.75) is 39.0 Å². The van der Waals surface area contributed by atoms with Crippen molar-refractivity contribution in [3.05, 3.63) is 22.4 Å². The van der Waals surface area contributed by atoms with Crippen LogP contribution in [0.15, 0.2) is 16.8 Å². The average Bonchev–Trinajstić information content (AvgIpc) is 2.74. The summed E-state index contributed by atoms with van der Waals surface area (Å²) < 4.78 is 0. The van der Waals surface area contributed by atoms with E-state index in [0.29, 0.717) is 11.7 Å². The maximum atomic E-state index is 11.8. The quantitative estimate of drug-likeness (QED) is 0.762. The van der Waals surface area contributed by atoms with Crippen molar-refractivity contribution in [2.75, 3.05) is 0 Å². The molecular formula is C13H18OS. The summed E-state index contributed by atoms with van der Waals surface area (Å²) in [6.45, 7) is 2.24. The van der Waals surface area contributed by atoms with E-state index in [1.165, 1.54) is 12.0 Å². The van der Waals surface area contributed by atoms with Crippen LogP contribution in [0.4, 0.5) is 0 Å². The molecule has 0 bridgehead atoms. The summed E-state index contributed by atoms with van der Waals surface area (Å²) in [5.41, 5.74) is 1.34. The van der Waals surface area contributed by atoms with Gasteiger partial charge in [-0.3, -0.25) is 4.79 Å². The third-order valence-electron chi connectivity index (χ3n) is 3.51. The monoisotopic (exact) mass is 222 g/mol. The van der Waals surface area contributed by atoms with Crippen molar-refractivity contribution in [2.24, 2.45) is 11.8 Å². The Labute approximate surface area is 95.5 Å². The maximum absolute atomic E-state index is 11.8. The van der Waals surface area contributed by atoms with E-state index >= 15 is 0 Å². The molecule has 2 rings (SSSR count). The summed E-state index contributed by atoms with van der Waals surface area (Å²) >= 11 is 1.72. The van der Waals surface area contributed by atoms with E-state index in [4.69, 9.17) is 0 Å². The van der Waals surface area contributed by atoms with Gasteiger partial charge in [-0.05, 0) is 47.6 Å². The van der Waals surface area contributed by atoms with E-state index in [1.807, 2.05) is 0 Å². The smallest absolute Gasteiger partial charge is 0.136 e. The molecule has 82 valence electrons. The Hall–Kier alpha value is -0.630. The molecule has 1 aliphatic carbocycles. The molecular weight excluding hydrogens is 204 g/mol. The number of rotatable bonds is 3. The number of hydrogen-bond acceptors (Lipinski definition) is 2. The molecule has 2 heteroatoms. The van der Waals surface area contributed by atoms with Gasteiger partial charge < -0.3 is 0 Å². The lowest BCUT2D eigenvalue weighted by Gasteiger charge is -2.27. The van der Waals surface area contributed by atoms with Crippen LogP contribution in [0.25, 0.3) is 0 Å². The predicted octanol–water partition coefficient (Wildman–Crippen LogP) is 3.69. The third-order valence-corrected chi connectivity index (χ3v) is 4.24. The highest BCUT2D eigenvalue weighted by Gasteiger charge is 2.27. The zero-order chi connectivity index (χ0) is 10.7. The molecule has 15 heavy (non-hydrogen) atoms. The minimum atomic E-state index is 0.304. The van der Waals surface area contributed by atoms with Gasteiger partial charge >= 0.3 is 0 Å². The summed E-state index contributed by atoms with van der Waals surface area (Å²) in [7, 11) is 0. The Bertz CT molecular complexity index is 315. The topological polar surface area (TPSA) is 17.1 Å². The van der Waals surface area contributed by atoms with E-state index in [9.17, 15) is 4.79 Å². The predicted molar refractivity (Wildman–Crippen MR) is 64.2 cm³/mol. The van der Waals surface area contributed by atoms with Gasteiger partial charge in [0.2, 0.25) is 0 Å². The highest BCUT2D eigenvalue weighted by atomic mass is 32.1. The lowest BCUT2D eigenvalue weighted by Crippen LogP contribution is -2.26. The van der Waals surface area contributed by atoms with Crippen LogP contribution in [0.1, 0.15) is 38.2 Å². The molecule has 0 saturated heterocycles. The van der Waals surface area contributed by atoms with Crippen molar-refractivity contribution < 1.29 is 4.79 Å². The Balaban J connectivity index is 1.97. The van der Waals surface area contributed by atoms with Crippen LogP contribution in [-0.4, -0.2) is 5.78 Å². The van der Waals surface area contributed by atoms with Gasteiger partial charge in [-0.25, -0.2) is 0 Å². The number of carbonyl (C=O) groups is 1. The van der Waals surface area contributed by atoms with E-state index in [0.717, 1.165) is 31.6 Å². The minimum Gasteiger partial charge on any atom is -0.299 e. The SMILES string of the molecule is CCC1CCC(=O)C(Cc2ccsc2)C1. The number of carbonyl (C=O) groups excluding carboxylic acids is 1. The molecule has 1 heterocycles. The number of ketones is 1. The lowest BCUT2D eigenvalue weighted by atomic mass is 9.77. The molecule has 0 spiro atoms. The summed E-state index contributed by atoms with van der Waals surface area (Å²) in [5.74, 6) is 1.58. The molecule has 0 aromatic carbocycles. The van der Waals surface area contributed by atoms with Crippen LogP contribution in [0.3, 0.4) is 0 Å².